The van der Waals surface area contributed by atoms with Crippen LogP contribution in [-0.2, 0) is 0 Å². The second-order valence-corrected chi connectivity index (χ2v) is 6.15. The Morgan fingerprint density at radius 1 is 1.17 bits per heavy atom. The predicted octanol–water partition coefficient (Wildman–Crippen LogP) is 3.77. The highest BCUT2D eigenvalue weighted by Gasteiger charge is 2.23. The van der Waals surface area contributed by atoms with Crippen molar-refractivity contribution in [1.82, 2.24) is 15.5 Å². The van der Waals surface area contributed by atoms with Crippen molar-refractivity contribution in [2.75, 3.05) is 10.6 Å². The summed E-state index contributed by atoms with van der Waals surface area (Å²) >= 11 is 6.26. The van der Waals surface area contributed by atoms with E-state index in [0.717, 1.165) is 29.7 Å². The van der Waals surface area contributed by atoms with Crippen LogP contribution < -0.4 is 16.0 Å². The van der Waals surface area contributed by atoms with Crippen molar-refractivity contribution in [1.29, 1.82) is 0 Å². The number of anilines is 3. The number of hydrogen-bond donors (Lipinski definition) is 3. The third kappa shape index (κ3) is 4.10. The first-order valence-corrected chi connectivity index (χ1v) is 7.84. The summed E-state index contributed by atoms with van der Waals surface area (Å²) in [7, 11) is 0. The molecule has 0 unspecified atom stereocenters. The third-order valence-electron chi connectivity index (χ3n) is 3.50. The van der Waals surface area contributed by atoms with Crippen LogP contribution in [0.15, 0.2) is 24.3 Å². The SMILES string of the molecule is Cc1cc(C)c(Nc2ccc(NC(=O)NC3CC3)nn2)c(Cl)c1. The molecule has 6 nitrogen and oxygen atoms in total. The first-order chi connectivity index (χ1) is 11.0. The second kappa shape index (κ2) is 6.42. The van der Waals surface area contributed by atoms with E-state index in [1.807, 2.05) is 26.0 Å². The molecular formula is C16H18ClN5O. The van der Waals surface area contributed by atoms with Crippen LogP contribution in [0.5, 0.6) is 0 Å². The van der Waals surface area contributed by atoms with Crippen LogP contribution >= 0.6 is 11.6 Å². The summed E-state index contributed by atoms with van der Waals surface area (Å²) in [6, 6.07) is 7.42. The number of aromatic nitrogens is 2. The summed E-state index contributed by atoms with van der Waals surface area (Å²) in [6.07, 6.45) is 2.08. The summed E-state index contributed by atoms with van der Waals surface area (Å²) in [5.41, 5.74) is 2.94. The normalized spacial score (nSPS) is 13.5. The lowest BCUT2D eigenvalue weighted by Gasteiger charge is -2.12. The zero-order valence-electron chi connectivity index (χ0n) is 13.0. The van der Waals surface area contributed by atoms with Crippen LogP contribution in [0.2, 0.25) is 5.02 Å². The minimum Gasteiger partial charge on any atom is -0.337 e. The molecular weight excluding hydrogens is 314 g/mol. The molecule has 2 amide bonds. The molecule has 1 aliphatic carbocycles. The topological polar surface area (TPSA) is 78.9 Å². The molecule has 1 aromatic heterocycles. The van der Waals surface area contributed by atoms with E-state index in [1.54, 1.807) is 12.1 Å². The molecule has 2 aromatic rings. The molecule has 1 heterocycles. The molecule has 0 atom stereocenters. The number of nitrogens with zero attached hydrogens (tertiary/aromatic N) is 2. The number of rotatable bonds is 4. The standard InChI is InChI=1S/C16H18ClN5O/c1-9-7-10(2)15(12(17)8-9)19-13-5-6-14(22-21-13)20-16(23)18-11-3-4-11/h5-8,11H,3-4H2,1-2H3,(H,19,21)(H2,18,20,22,23). The smallest absolute Gasteiger partial charge is 0.320 e. The van der Waals surface area contributed by atoms with Crippen LogP contribution in [0.25, 0.3) is 0 Å². The first-order valence-electron chi connectivity index (χ1n) is 7.46. The second-order valence-electron chi connectivity index (χ2n) is 5.74. The van der Waals surface area contributed by atoms with E-state index in [9.17, 15) is 4.79 Å². The number of benzene rings is 1. The minimum atomic E-state index is -0.250. The maximum atomic E-state index is 11.6. The highest BCUT2D eigenvalue weighted by atomic mass is 35.5. The van der Waals surface area contributed by atoms with Gasteiger partial charge in [0.15, 0.2) is 11.6 Å². The maximum Gasteiger partial charge on any atom is 0.320 e. The van der Waals surface area contributed by atoms with Gasteiger partial charge in [0.2, 0.25) is 0 Å². The number of nitrogens with one attached hydrogen (secondary N) is 3. The maximum absolute atomic E-state index is 11.6. The van der Waals surface area contributed by atoms with Crippen molar-refractivity contribution in [2.24, 2.45) is 0 Å². The summed E-state index contributed by atoms with van der Waals surface area (Å²) in [5.74, 6) is 0.965. The van der Waals surface area contributed by atoms with Gasteiger partial charge in [0.25, 0.3) is 0 Å². The Bertz CT molecular complexity index is 705. The van der Waals surface area contributed by atoms with Crippen molar-refractivity contribution in [3.63, 3.8) is 0 Å². The predicted molar refractivity (Wildman–Crippen MR) is 91.4 cm³/mol. The first kappa shape index (κ1) is 15.6. The summed E-state index contributed by atoms with van der Waals surface area (Å²) in [6.45, 7) is 3.97. The van der Waals surface area contributed by atoms with Crippen molar-refractivity contribution in [2.45, 2.75) is 32.7 Å². The van der Waals surface area contributed by atoms with E-state index >= 15 is 0 Å². The lowest BCUT2D eigenvalue weighted by Crippen LogP contribution is -2.30. The van der Waals surface area contributed by atoms with Gasteiger partial charge >= 0.3 is 6.03 Å². The van der Waals surface area contributed by atoms with Gasteiger partial charge in [-0.1, -0.05) is 17.7 Å². The summed E-state index contributed by atoms with van der Waals surface area (Å²) in [4.78, 5) is 11.6. The van der Waals surface area contributed by atoms with Crippen molar-refractivity contribution >= 4 is 35.0 Å². The van der Waals surface area contributed by atoms with Gasteiger partial charge in [-0.3, -0.25) is 5.32 Å². The van der Waals surface area contributed by atoms with Crippen molar-refractivity contribution in [3.05, 3.63) is 40.4 Å². The average molecular weight is 332 g/mol. The van der Waals surface area contributed by atoms with E-state index in [2.05, 4.69) is 26.1 Å². The van der Waals surface area contributed by atoms with Gasteiger partial charge in [-0.15, -0.1) is 10.2 Å². The number of carbonyl (C=O) groups is 1. The molecule has 1 saturated carbocycles. The number of urea groups is 1. The van der Waals surface area contributed by atoms with Gasteiger partial charge in [-0.05, 0) is 56.0 Å². The van der Waals surface area contributed by atoms with Crippen LogP contribution in [-0.4, -0.2) is 22.3 Å². The Morgan fingerprint density at radius 2 is 1.87 bits per heavy atom. The minimum absolute atomic E-state index is 0.250. The van der Waals surface area contributed by atoms with Gasteiger partial charge in [-0.25, -0.2) is 4.79 Å². The quantitative estimate of drug-likeness (QED) is 0.796. The van der Waals surface area contributed by atoms with E-state index < -0.39 is 0 Å². The van der Waals surface area contributed by atoms with Crippen LogP contribution in [0.4, 0.5) is 22.1 Å². The zero-order chi connectivity index (χ0) is 16.4. The zero-order valence-corrected chi connectivity index (χ0v) is 13.7. The fourth-order valence-electron chi connectivity index (χ4n) is 2.23. The number of aryl methyl sites for hydroxylation is 2. The van der Waals surface area contributed by atoms with E-state index in [-0.39, 0.29) is 6.03 Å². The summed E-state index contributed by atoms with van der Waals surface area (Å²) < 4.78 is 0. The van der Waals surface area contributed by atoms with E-state index in [1.165, 1.54) is 0 Å². The molecule has 3 rings (SSSR count). The Hall–Kier alpha value is -2.34. The number of hydrogen-bond acceptors (Lipinski definition) is 4. The molecule has 1 aliphatic rings. The Balaban J connectivity index is 1.66. The highest BCUT2D eigenvalue weighted by molar-refractivity contribution is 6.33. The fraction of sp³-hybridized carbons (Fsp3) is 0.312. The monoisotopic (exact) mass is 331 g/mol. The van der Waals surface area contributed by atoms with Crippen molar-refractivity contribution < 1.29 is 4.79 Å². The fourth-order valence-corrected chi connectivity index (χ4v) is 2.60. The molecule has 3 N–H and O–H groups in total. The molecule has 0 saturated heterocycles. The Kier molecular flexibility index (Phi) is 4.34. The molecule has 120 valence electrons. The molecule has 1 fully saturated rings. The van der Waals surface area contributed by atoms with Gasteiger partial charge < -0.3 is 10.6 Å². The van der Waals surface area contributed by atoms with E-state index in [4.69, 9.17) is 11.6 Å². The van der Waals surface area contributed by atoms with Crippen LogP contribution in [0.1, 0.15) is 24.0 Å². The van der Waals surface area contributed by atoms with Gasteiger partial charge in [0.05, 0.1) is 10.7 Å². The highest BCUT2D eigenvalue weighted by Crippen LogP contribution is 2.29. The molecule has 23 heavy (non-hydrogen) atoms. The van der Waals surface area contributed by atoms with Crippen molar-refractivity contribution in [3.8, 4) is 0 Å². The molecule has 1 aromatic carbocycles. The lowest BCUT2D eigenvalue weighted by molar-refractivity contribution is 0.251. The molecule has 7 heteroatoms. The largest absolute Gasteiger partial charge is 0.337 e. The average Bonchev–Trinajstić information content (AvgIpc) is 3.28. The molecule has 0 aliphatic heterocycles. The molecule has 0 radical (unpaired) electrons. The Labute approximate surface area is 139 Å². The molecule has 0 bridgehead atoms. The Morgan fingerprint density at radius 3 is 2.48 bits per heavy atom. The van der Waals surface area contributed by atoms with Gasteiger partial charge in [0, 0.05) is 6.04 Å². The number of carbonyl (C=O) groups excluding carboxylic acids is 1. The van der Waals surface area contributed by atoms with Crippen LogP contribution in [0, 0.1) is 13.8 Å². The van der Waals surface area contributed by atoms with Gasteiger partial charge in [-0.2, -0.15) is 0 Å². The summed E-state index contributed by atoms with van der Waals surface area (Å²) in [5, 5.41) is 17.3. The van der Waals surface area contributed by atoms with Crippen LogP contribution in [0.3, 0.4) is 0 Å². The third-order valence-corrected chi connectivity index (χ3v) is 3.80. The molecule has 0 spiro atoms. The lowest BCUT2D eigenvalue weighted by atomic mass is 10.1. The number of amides is 2. The number of halogens is 1. The van der Waals surface area contributed by atoms with Gasteiger partial charge in [0.1, 0.15) is 0 Å². The van der Waals surface area contributed by atoms with E-state index in [0.29, 0.717) is 22.7 Å².